The fourth-order valence-electron chi connectivity index (χ4n) is 1.53. The van der Waals surface area contributed by atoms with Gasteiger partial charge < -0.3 is 4.74 Å². The molecular weight excluding hydrogens is 270 g/mol. The second-order valence-electron chi connectivity index (χ2n) is 3.78. The van der Waals surface area contributed by atoms with E-state index in [-0.39, 0.29) is 17.2 Å². The Balaban J connectivity index is 2.28. The summed E-state index contributed by atoms with van der Waals surface area (Å²) in [6.45, 7) is 1.80. The van der Waals surface area contributed by atoms with Crippen LogP contribution in [0.2, 0.25) is 0 Å². The molecule has 0 atom stereocenters. The Kier molecular flexibility index (Phi) is 3.56. The highest BCUT2D eigenvalue weighted by Crippen LogP contribution is 2.15. The molecule has 9 heteroatoms. The number of carbonyl (C=O) groups excluding carboxylic acids is 2. The summed E-state index contributed by atoms with van der Waals surface area (Å²) < 4.78 is 4.53. The molecule has 1 aromatic rings. The van der Waals surface area contributed by atoms with Crippen LogP contribution in [0.1, 0.15) is 12.1 Å². The van der Waals surface area contributed by atoms with Gasteiger partial charge in [0.1, 0.15) is 0 Å². The Morgan fingerprint density at radius 2 is 2.32 bits per heavy atom. The summed E-state index contributed by atoms with van der Waals surface area (Å²) in [4.78, 5) is 24.7. The average Bonchev–Trinajstić information content (AvgIpc) is 2.73. The summed E-state index contributed by atoms with van der Waals surface area (Å²) in [5.74, 6) is -0.740. The fourth-order valence-corrected chi connectivity index (χ4v) is 1.77. The first kappa shape index (κ1) is 13.1. The van der Waals surface area contributed by atoms with Crippen LogP contribution >= 0.6 is 12.2 Å². The van der Waals surface area contributed by atoms with Gasteiger partial charge in [0.25, 0.3) is 0 Å². The smallest absolute Gasteiger partial charge is 0.354 e. The van der Waals surface area contributed by atoms with Crippen LogP contribution in [0.25, 0.3) is 0 Å². The minimum Gasteiger partial charge on any atom is -0.464 e. The second-order valence-corrected chi connectivity index (χ2v) is 4.17. The number of nitrogens with one attached hydrogen (secondary N) is 2. The molecule has 0 saturated carbocycles. The molecule has 0 aromatic carbocycles. The predicted octanol–water partition coefficient (Wildman–Crippen LogP) is -0.142. The molecule has 8 nitrogen and oxygen atoms in total. The molecule has 100 valence electrons. The lowest BCUT2D eigenvalue weighted by Gasteiger charge is -2.16. The highest BCUT2D eigenvalue weighted by atomic mass is 32.1. The molecule has 0 spiro atoms. The number of H-pyrrole nitrogens is 1. The van der Waals surface area contributed by atoms with Crippen LogP contribution in [0, 0.1) is 6.92 Å². The van der Waals surface area contributed by atoms with Gasteiger partial charge in [-0.3, -0.25) is 15.3 Å². The number of esters is 1. The number of aromatic amines is 1. The van der Waals surface area contributed by atoms with E-state index in [0.717, 1.165) is 5.69 Å². The topological polar surface area (TPSA) is 99.7 Å². The van der Waals surface area contributed by atoms with E-state index in [0.29, 0.717) is 5.82 Å². The molecule has 2 heterocycles. The van der Waals surface area contributed by atoms with Crippen molar-refractivity contribution in [1.82, 2.24) is 15.6 Å². The first-order chi connectivity index (χ1) is 9.02. The molecule has 1 amide bonds. The van der Waals surface area contributed by atoms with Gasteiger partial charge in [0, 0.05) is 11.8 Å². The molecule has 2 rings (SSSR count). The zero-order valence-corrected chi connectivity index (χ0v) is 11.1. The van der Waals surface area contributed by atoms with Gasteiger partial charge in [-0.25, -0.2) is 9.69 Å². The lowest BCUT2D eigenvalue weighted by molar-refractivity contribution is -0.133. The van der Waals surface area contributed by atoms with E-state index in [1.807, 2.05) is 0 Å². The zero-order chi connectivity index (χ0) is 14.0. The van der Waals surface area contributed by atoms with Crippen molar-refractivity contribution in [3.63, 3.8) is 0 Å². The molecular formula is C10H11N5O3S. The molecule has 2 N–H and O–H groups in total. The minimum atomic E-state index is -0.677. The zero-order valence-electron chi connectivity index (χ0n) is 10.3. The molecule has 19 heavy (non-hydrogen) atoms. The molecule has 0 fully saturated rings. The number of carbonyl (C=O) groups is 2. The summed E-state index contributed by atoms with van der Waals surface area (Å²) >= 11 is 5.04. The summed E-state index contributed by atoms with van der Waals surface area (Å²) in [5, 5.41) is 10.5. The number of amides is 1. The van der Waals surface area contributed by atoms with Gasteiger partial charge in [-0.1, -0.05) is 0 Å². The highest BCUT2D eigenvalue weighted by molar-refractivity contribution is 7.80. The van der Waals surface area contributed by atoms with E-state index < -0.39 is 11.9 Å². The van der Waals surface area contributed by atoms with Gasteiger partial charge in [-0.2, -0.15) is 10.2 Å². The van der Waals surface area contributed by atoms with E-state index in [9.17, 15) is 9.59 Å². The lowest BCUT2D eigenvalue weighted by atomic mass is 10.2. The maximum absolute atomic E-state index is 12.1. The number of hydrazone groups is 1. The Labute approximate surface area is 113 Å². The van der Waals surface area contributed by atoms with Gasteiger partial charge in [0.15, 0.2) is 11.5 Å². The minimum absolute atomic E-state index is 0.0374. The third-order valence-corrected chi connectivity index (χ3v) is 2.67. The van der Waals surface area contributed by atoms with Crippen molar-refractivity contribution >= 4 is 40.7 Å². The van der Waals surface area contributed by atoms with Crippen LogP contribution in [0.4, 0.5) is 5.82 Å². The van der Waals surface area contributed by atoms with Crippen LogP contribution in [0.15, 0.2) is 11.2 Å². The molecule has 0 unspecified atom stereocenters. The molecule has 1 aromatic heterocycles. The van der Waals surface area contributed by atoms with Crippen molar-refractivity contribution in [1.29, 1.82) is 0 Å². The monoisotopic (exact) mass is 281 g/mol. The van der Waals surface area contributed by atoms with Gasteiger partial charge in [0.05, 0.1) is 13.5 Å². The number of ether oxygens (including phenoxy) is 1. The molecule has 0 aliphatic carbocycles. The Hall–Kier alpha value is -2.29. The first-order valence-corrected chi connectivity index (χ1v) is 5.73. The molecule has 1 aliphatic rings. The molecule has 0 bridgehead atoms. The Bertz CT molecular complexity index is 579. The third-order valence-electron chi connectivity index (χ3n) is 2.40. The number of nitrogens with zero attached hydrogens (tertiary/aromatic N) is 3. The predicted molar refractivity (Wildman–Crippen MR) is 70.6 cm³/mol. The number of aryl methyl sites for hydroxylation is 1. The van der Waals surface area contributed by atoms with Crippen molar-refractivity contribution in [3.8, 4) is 0 Å². The molecule has 1 aliphatic heterocycles. The number of hydrogen-bond acceptors (Lipinski definition) is 6. The number of rotatable bonds is 2. The largest absolute Gasteiger partial charge is 0.464 e. The van der Waals surface area contributed by atoms with Gasteiger partial charge in [-0.05, 0) is 19.1 Å². The first-order valence-electron chi connectivity index (χ1n) is 5.32. The summed E-state index contributed by atoms with van der Waals surface area (Å²) in [5.41, 5.74) is 3.21. The van der Waals surface area contributed by atoms with Crippen molar-refractivity contribution < 1.29 is 14.3 Å². The number of aromatic nitrogens is 2. The summed E-state index contributed by atoms with van der Waals surface area (Å²) in [7, 11) is 1.22. The lowest BCUT2D eigenvalue weighted by Crippen LogP contribution is -2.40. The molecule has 0 radical (unpaired) electrons. The normalized spacial score (nSPS) is 15.7. The summed E-state index contributed by atoms with van der Waals surface area (Å²) in [6, 6.07) is 1.66. The Morgan fingerprint density at radius 1 is 1.58 bits per heavy atom. The quantitative estimate of drug-likeness (QED) is 0.578. The van der Waals surface area contributed by atoms with E-state index in [2.05, 4.69) is 25.5 Å². The SMILES string of the molecule is COC(=O)C1=NNC(=S)N(c2cc(C)[nH]n2)C(=O)C1. The van der Waals surface area contributed by atoms with Gasteiger partial charge in [-0.15, -0.1) is 0 Å². The summed E-state index contributed by atoms with van der Waals surface area (Å²) in [6.07, 6.45) is -0.217. The maximum atomic E-state index is 12.1. The van der Waals surface area contributed by atoms with E-state index >= 15 is 0 Å². The van der Waals surface area contributed by atoms with Crippen molar-refractivity contribution in [2.45, 2.75) is 13.3 Å². The Morgan fingerprint density at radius 3 is 2.89 bits per heavy atom. The van der Waals surface area contributed by atoms with Crippen LogP contribution < -0.4 is 10.3 Å². The highest BCUT2D eigenvalue weighted by Gasteiger charge is 2.29. The fraction of sp³-hybridized carbons (Fsp3) is 0.300. The standard InChI is InChI=1S/C10H11N5O3S/c1-5-3-7(13-11-5)15-8(16)4-6(9(17)18-2)12-14-10(15)19/h3H,4H2,1-2H3,(H,11,13)(H,14,19). The van der Waals surface area contributed by atoms with E-state index in [4.69, 9.17) is 12.2 Å². The van der Waals surface area contributed by atoms with Crippen molar-refractivity contribution in [2.75, 3.05) is 12.0 Å². The number of hydrogen-bond donors (Lipinski definition) is 2. The van der Waals surface area contributed by atoms with Gasteiger partial charge >= 0.3 is 5.97 Å². The van der Waals surface area contributed by atoms with E-state index in [1.165, 1.54) is 12.0 Å². The maximum Gasteiger partial charge on any atom is 0.354 e. The molecule has 0 saturated heterocycles. The van der Waals surface area contributed by atoms with Crippen LogP contribution in [0.5, 0.6) is 0 Å². The van der Waals surface area contributed by atoms with Crippen LogP contribution in [0.3, 0.4) is 0 Å². The van der Waals surface area contributed by atoms with Crippen molar-refractivity contribution in [3.05, 3.63) is 11.8 Å². The van der Waals surface area contributed by atoms with Crippen LogP contribution in [-0.4, -0.2) is 40.0 Å². The number of thiocarbonyl (C=S) groups is 1. The number of anilines is 1. The number of methoxy groups -OCH3 is 1. The van der Waals surface area contributed by atoms with Crippen molar-refractivity contribution in [2.24, 2.45) is 5.10 Å². The third kappa shape index (κ3) is 2.60. The second kappa shape index (κ2) is 5.14. The average molecular weight is 281 g/mol. The van der Waals surface area contributed by atoms with E-state index in [1.54, 1.807) is 13.0 Å². The van der Waals surface area contributed by atoms with Gasteiger partial charge in [0.2, 0.25) is 11.0 Å². The van der Waals surface area contributed by atoms with Crippen LogP contribution in [-0.2, 0) is 14.3 Å².